The van der Waals surface area contributed by atoms with Crippen LogP contribution in [0.4, 0.5) is 4.79 Å². The third kappa shape index (κ3) is 3.80. The van der Waals surface area contributed by atoms with Gasteiger partial charge in [0.15, 0.2) is 0 Å². The van der Waals surface area contributed by atoms with Gasteiger partial charge in [-0.05, 0) is 17.7 Å². The fourth-order valence-electron chi connectivity index (χ4n) is 0.964. The standard InChI is InChI=1S/C9H10BrClN4O/c10-5-8(14-15-9(16)13-12)6-1-3-7(11)4-2-6/h1-4H,5,12H2,(H2,13,15,16). The maximum atomic E-state index is 10.8. The number of urea groups is 1. The summed E-state index contributed by atoms with van der Waals surface area (Å²) >= 11 is 9.04. The number of benzene rings is 1. The summed E-state index contributed by atoms with van der Waals surface area (Å²) in [4.78, 5) is 10.8. The van der Waals surface area contributed by atoms with Gasteiger partial charge in [0.25, 0.3) is 0 Å². The van der Waals surface area contributed by atoms with E-state index in [-0.39, 0.29) is 0 Å². The number of nitrogens with zero attached hydrogens (tertiary/aromatic N) is 1. The first-order chi connectivity index (χ1) is 7.67. The van der Waals surface area contributed by atoms with Crippen molar-refractivity contribution in [3.63, 3.8) is 0 Å². The van der Waals surface area contributed by atoms with Crippen molar-refractivity contribution in [3.8, 4) is 0 Å². The molecule has 0 bridgehead atoms. The van der Waals surface area contributed by atoms with E-state index in [4.69, 9.17) is 17.4 Å². The normalized spacial score (nSPS) is 11.1. The van der Waals surface area contributed by atoms with Crippen LogP contribution in [0.25, 0.3) is 0 Å². The fraction of sp³-hybridized carbons (Fsp3) is 0.111. The molecule has 16 heavy (non-hydrogen) atoms. The van der Waals surface area contributed by atoms with Crippen molar-refractivity contribution in [2.24, 2.45) is 10.9 Å². The molecule has 1 aromatic carbocycles. The summed E-state index contributed by atoms with van der Waals surface area (Å²) in [5.41, 5.74) is 5.68. The minimum absolute atomic E-state index is 0.499. The Kier molecular flexibility index (Phi) is 5.24. The Morgan fingerprint density at radius 1 is 1.44 bits per heavy atom. The van der Waals surface area contributed by atoms with E-state index in [2.05, 4.69) is 26.5 Å². The number of halogens is 2. The van der Waals surface area contributed by atoms with Crippen LogP contribution in [0.3, 0.4) is 0 Å². The van der Waals surface area contributed by atoms with Gasteiger partial charge >= 0.3 is 6.03 Å². The molecule has 86 valence electrons. The zero-order valence-electron chi connectivity index (χ0n) is 8.21. The fourth-order valence-corrected chi connectivity index (χ4v) is 1.54. The molecule has 0 aliphatic rings. The van der Waals surface area contributed by atoms with E-state index in [1.165, 1.54) is 0 Å². The molecule has 0 saturated heterocycles. The molecule has 0 radical (unpaired) electrons. The molecule has 5 nitrogen and oxygen atoms in total. The Hall–Kier alpha value is -1.11. The number of rotatable bonds is 3. The maximum Gasteiger partial charge on any atom is 0.349 e. The molecule has 0 heterocycles. The number of nitrogens with two attached hydrogens (primary N) is 1. The highest BCUT2D eigenvalue weighted by atomic mass is 79.9. The molecule has 4 N–H and O–H groups in total. The average molecular weight is 306 g/mol. The second-order valence-corrected chi connectivity index (χ2v) is 3.78. The number of nitrogens with one attached hydrogen (secondary N) is 2. The molecule has 0 aliphatic heterocycles. The summed E-state index contributed by atoms with van der Waals surface area (Å²) in [6.07, 6.45) is 0. The molecule has 0 unspecified atom stereocenters. The summed E-state index contributed by atoms with van der Waals surface area (Å²) in [6, 6.07) is 6.54. The maximum absolute atomic E-state index is 10.8. The predicted octanol–water partition coefficient (Wildman–Crippen LogP) is 1.61. The number of hydrazine groups is 1. The third-order valence-corrected chi connectivity index (χ3v) is 2.51. The molecule has 1 rings (SSSR count). The summed E-state index contributed by atoms with van der Waals surface area (Å²) in [6.45, 7) is 0. The Bertz CT molecular complexity index is 393. The highest BCUT2D eigenvalue weighted by molar-refractivity contribution is 9.09. The smallest absolute Gasteiger partial charge is 0.274 e. The van der Waals surface area contributed by atoms with Crippen LogP contribution in [-0.2, 0) is 0 Å². The highest BCUT2D eigenvalue weighted by Crippen LogP contribution is 2.11. The molecular formula is C9H10BrClN4O. The quantitative estimate of drug-likeness (QED) is 0.261. The zero-order chi connectivity index (χ0) is 12.0. The summed E-state index contributed by atoms with van der Waals surface area (Å²) in [5.74, 6) is 4.90. The second-order valence-electron chi connectivity index (χ2n) is 2.78. The molecular weight excluding hydrogens is 295 g/mol. The number of alkyl halides is 1. The van der Waals surface area contributed by atoms with Gasteiger partial charge in [-0.1, -0.05) is 39.7 Å². The van der Waals surface area contributed by atoms with Crippen molar-refractivity contribution in [1.82, 2.24) is 10.9 Å². The molecule has 2 amide bonds. The summed E-state index contributed by atoms with van der Waals surface area (Å²) in [7, 11) is 0. The largest absolute Gasteiger partial charge is 0.349 e. The van der Waals surface area contributed by atoms with Crippen molar-refractivity contribution >= 4 is 39.3 Å². The van der Waals surface area contributed by atoms with Crippen LogP contribution < -0.4 is 16.7 Å². The Labute approximate surface area is 106 Å². The Morgan fingerprint density at radius 3 is 2.56 bits per heavy atom. The number of hydrazone groups is 1. The first-order valence-electron chi connectivity index (χ1n) is 4.32. The second kappa shape index (κ2) is 6.47. The van der Waals surface area contributed by atoms with Crippen LogP contribution in [0.15, 0.2) is 29.4 Å². The van der Waals surface area contributed by atoms with Gasteiger partial charge in [-0.3, -0.25) is 5.43 Å². The van der Waals surface area contributed by atoms with Gasteiger partial charge in [0.2, 0.25) is 0 Å². The van der Waals surface area contributed by atoms with E-state index in [9.17, 15) is 4.79 Å². The summed E-state index contributed by atoms with van der Waals surface area (Å²) in [5, 5.41) is 5.04. The van der Waals surface area contributed by atoms with Gasteiger partial charge in [-0.25, -0.2) is 16.1 Å². The van der Waals surface area contributed by atoms with Gasteiger partial charge in [0.05, 0.1) is 5.71 Å². The molecule has 0 fully saturated rings. The van der Waals surface area contributed by atoms with Crippen molar-refractivity contribution in [2.45, 2.75) is 0 Å². The number of hydrogen-bond acceptors (Lipinski definition) is 3. The molecule has 0 atom stereocenters. The molecule has 0 spiro atoms. The lowest BCUT2D eigenvalue weighted by molar-refractivity contribution is 0.241. The van der Waals surface area contributed by atoms with Crippen LogP contribution in [0.2, 0.25) is 5.02 Å². The predicted molar refractivity (Wildman–Crippen MR) is 67.6 cm³/mol. The number of carbonyl (C=O) groups is 1. The van der Waals surface area contributed by atoms with E-state index in [0.717, 1.165) is 5.56 Å². The van der Waals surface area contributed by atoms with Crippen molar-refractivity contribution < 1.29 is 4.79 Å². The van der Waals surface area contributed by atoms with Crippen LogP contribution in [0, 0.1) is 0 Å². The van der Waals surface area contributed by atoms with Crippen LogP contribution >= 0.6 is 27.5 Å². The minimum Gasteiger partial charge on any atom is -0.274 e. The van der Waals surface area contributed by atoms with Gasteiger partial charge in [-0.2, -0.15) is 5.10 Å². The Morgan fingerprint density at radius 2 is 2.06 bits per heavy atom. The van der Waals surface area contributed by atoms with E-state index in [1.807, 2.05) is 17.6 Å². The molecule has 0 aliphatic carbocycles. The topological polar surface area (TPSA) is 79.5 Å². The first kappa shape index (κ1) is 13.0. The van der Waals surface area contributed by atoms with E-state index in [1.54, 1.807) is 12.1 Å². The van der Waals surface area contributed by atoms with Crippen molar-refractivity contribution in [3.05, 3.63) is 34.9 Å². The highest BCUT2D eigenvalue weighted by Gasteiger charge is 2.03. The number of hydrogen-bond donors (Lipinski definition) is 3. The van der Waals surface area contributed by atoms with E-state index >= 15 is 0 Å². The lowest BCUT2D eigenvalue weighted by Crippen LogP contribution is -2.37. The molecule has 7 heteroatoms. The zero-order valence-corrected chi connectivity index (χ0v) is 10.5. The van der Waals surface area contributed by atoms with Crippen LogP contribution in [0.1, 0.15) is 5.56 Å². The molecule has 0 aromatic heterocycles. The van der Waals surface area contributed by atoms with Crippen molar-refractivity contribution in [1.29, 1.82) is 0 Å². The lowest BCUT2D eigenvalue weighted by atomic mass is 10.1. The third-order valence-electron chi connectivity index (χ3n) is 1.73. The minimum atomic E-state index is -0.576. The number of carbonyl (C=O) groups excluding carboxylic acids is 1. The van der Waals surface area contributed by atoms with Crippen LogP contribution in [0.5, 0.6) is 0 Å². The molecule has 1 aromatic rings. The SMILES string of the molecule is NNC(=O)NN=C(CBr)c1ccc(Cl)cc1. The van der Waals surface area contributed by atoms with Gasteiger partial charge in [-0.15, -0.1) is 0 Å². The van der Waals surface area contributed by atoms with Crippen LogP contribution in [-0.4, -0.2) is 17.1 Å². The lowest BCUT2D eigenvalue weighted by Gasteiger charge is -2.04. The van der Waals surface area contributed by atoms with E-state index < -0.39 is 6.03 Å². The van der Waals surface area contributed by atoms with Gasteiger partial charge < -0.3 is 0 Å². The Balaban J connectivity index is 2.81. The van der Waals surface area contributed by atoms with Crippen molar-refractivity contribution in [2.75, 3.05) is 5.33 Å². The summed E-state index contributed by atoms with van der Waals surface area (Å²) < 4.78 is 0. The van der Waals surface area contributed by atoms with Gasteiger partial charge in [0, 0.05) is 10.4 Å². The monoisotopic (exact) mass is 304 g/mol. The molecule has 0 saturated carbocycles. The van der Waals surface area contributed by atoms with Gasteiger partial charge in [0.1, 0.15) is 0 Å². The number of amides is 2. The average Bonchev–Trinajstić information content (AvgIpc) is 2.31. The van der Waals surface area contributed by atoms with E-state index in [0.29, 0.717) is 16.1 Å². The first-order valence-corrected chi connectivity index (χ1v) is 5.82.